The summed E-state index contributed by atoms with van der Waals surface area (Å²) in [6.45, 7) is 7.94. The molecule has 1 aromatic heterocycles. The summed E-state index contributed by atoms with van der Waals surface area (Å²) in [6.07, 6.45) is 0. The largest absolute Gasteiger partial charge is 0.323 e. The Morgan fingerprint density at radius 3 is 2.40 bits per heavy atom. The Balaban J connectivity index is 2.74. The molecule has 0 aliphatic carbocycles. The smallest absolute Gasteiger partial charge is 0.291 e. The van der Waals surface area contributed by atoms with Gasteiger partial charge < -0.3 is 4.57 Å². The van der Waals surface area contributed by atoms with Crippen LogP contribution in [0.4, 0.5) is 5.69 Å². The van der Waals surface area contributed by atoms with Gasteiger partial charge in [-0.25, -0.2) is 0 Å². The summed E-state index contributed by atoms with van der Waals surface area (Å²) >= 11 is 7.07. The van der Waals surface area contributed by atoms with Crippen LogP contribution in [-0.4, -0.2) is 17.9 Å². The number of hydrogen-bond acceptors (Lipinski definition) is 5. The van der Waals surface area contributed by atoms with E-state index in [0.717, 1.165) is 22.7 Å². The molecule has 7 nitrogen and oxygen atoms in total. The van der Waals surface area contributed by atoms with Crippen molar-refractivity contribution in [3.63, 3.8) is 0 Å². The van der Waals surface area contributed by atoms with E-state index in [0.29, 0.717) is 0 Å². The number of aromatic nitrogens is 1. The van der Waals surface area contributed by atoms with E-state index in [2.05, 4.69) is 4.40 Å². The minimum absolute atomic E-state index is 0.0847. The van der Waals surface area contributed by atoms with E-state index in [1.54, 1.807) is 11.6 Å². The minimum Gasteiger partial charge on any atom is -0.323 e. The third kappa shape index (κ3) is 3.94. The number of thiazole rings is 1. The molecule has 0 bridgehead atoms. The summed E-state index contributed by atoms with van der Waals surface area (Å²) in [7, 11) is -2.58. The zero-order chi connectivity index (χ0) is 19.2. The summed E-state index contributed by atoms with van der Waals surface area (Å²) < 4.78 is 30.8. The highest BCUT2D eigenvalue weighted by atomic mass is 35.5. The lowest BCUT2D eigenvalue weighted by atomic mass is 9.93. The topological polar surface area (TPSA) is 94.6 Å². The van der Waals surface area contributed by atoms with Crippen LogP contribution in [0.1, 0.15) is 31.3 Å². The van der Waals surface area contributed by atoms with E-state index in [-0.39, 0.29) is 15.2 Å². The van der Waals surface area contributed by atoms with Crippen LogP contribution < -0.4 is 4.80 Å². The summed E-state index contributed by atoms with van der Waals surface area (Å²) in [4.78, 5) is 11.1. The van der Waals surface area contributed by atoms with Crippen molar-refractivity contribution in [3.05, 3.63) is 48.7 Å². The fourth-order valence-corrected chi connectivity index (χ4v) is 5.14. The highest BCUT2D eigenvalue weighted by Gasteiger charge is 2.27. The fourth-order valence-electron chi connectivity index (χ4n) is 2.30. The van der Waals surface area contributed by atoms with Gasteiger partial charge in [0.2, 0.25) is 4.80 Å². The second-order valence-electron chi connectivity index (χ2n) is 6.54. The molecule has 0 amide bonds. The second-order valence-corrected chi connectivity index (χ2v) is 9.53. The molecule has 0 atom stereocenters. The van der Waals surface area contributed by atoms with Crippen LogP contribution in [-0.2, 0) is 22.5 Å². The number of hydrogen-bond donors (Lipinski definition) is 0. The maximum Gasteiger partial charge on any atom is 0.291 e. The molecule has 0 spiro atoms. The first-order valence-corrected chi connectivity index (χ1v) is 9.90. The zero-order valence-corrected chi connectivity index (χ0v) is 16.8. The highest BCUT2D eigenvalue weighted by molar-refractivity contribution is 7.90. The maximum atomic E-state index is 12.7. The van der Waals surface area contributed by atoms with Gasteiger partial charge in [-0.05, 0) is 24.5 Å². The standard InChI is InChI=1S/C15H18ClN3O4S2/c1-9-13(15(2,3)4)24-14(18(9)5)17-25(22,23)12-8-10(16)6-7-11(12)19(20)21/h6-8H,1-5H3/b17-14-. The molecular formula is C15H18ClN3O4S2. The molecule has 0 aliphatic rings. The molecule has 1 heterocycles. The lowest BCUT2D eigenvalue weighted by molar-refractivity contribution is -0.387. The number of nitrogens with zero attached hydrogens (tertiary/aromatic N) is 3. The molecule has 0 saturated heterocycles. The number of rotatable bonds is 3. The van der Waals surface area contributed by atoms with Crippen molar-refractivity contribution in [3.8, 4) is 0 Å². The van der Waals surface area contributed by atoms with Crippen LogP contribution in [0, 0.1) is 17.0 Å². The molecule has 0 N–H and O–H groups in total. The fraction of sp³-hybridized carbons (Fsp3) is 0.400. The van der Waals surface area contributed by atoms with Crippen LogP contribution in [0.2, 0.25) is 5.02 Å². The summed E-state index contributed by atoms with van der Waals surface area (Å²) in [5.74, 6) is 0. The van der Waals surface area contributed by atoms with Gasteiger partial charge >= 0.3 is 0 Å². The number of halogens is 1. The molecule has 0 radical (unpaired) electrons. The van der Waals surface area contributed by atoms with Gasteiger partial charge in [0.1, 0.15) is 0 Å². The molecule has 0 saturated carbocycles. The van der Waals surface area contributed by atoms with Crippen molar-refractivity contribution in [2.24, 2.45) is 11.4 Å². The molecule has 0 fully saturated rings. The number of benzene rings is 1. The molecule has 0 unspecified atom stereocenters. The maximum absolute atomic E-state index is 12.7. The van der Waals surface area contributed by atoms with Crippen LogP contribution in [0.15, 0.2) is 27.5 Å². The van der Waals surface area contributed by atoms with Crippen molar-refractivity contribution in [1.82, 2.24) is 4.57 Å². The van der Waals surface area contributed by atoms with Gasteiger partial charge in [-0.3, -0.25) is 10.1 Å². The third-order valence-electron chi connectivity index (χ3n) is 3.59. The van der Waals surface area contributed by atoms with E-state index in [1.807, 2.05) is 27.7 Å². The van der Waals surface area contributed by atoms with Gasteiger partial charge in [0, 0.05) is 28.7 Å². The van der Waals surface area contributed by atoms with Gasteiger partial charge in [0.05, 0.1) is 4.92 Å². The highest BCUT2D eigenvalue weighted by Crippen LogP contribution is 2.30. The first-order chi connectivity index (χ1) is 11.3. The van der Waals surface area contributed by atoms with Crippen LogP contribution in [0.25, 0.3) is 0 Å². The lowest BCUT2D eigenvalue weighted by Gasteiger charge is -2.17. The second kappa shape index (κ2) is 6.54. The average Bonchev–Trinajstić information content (AvgIpc) is 2.74. The Morgan fingerprint density at radius 1 is 1.32 bits per heavy atom. The predicted octanol–water partition coefficient (Wildman–Crippen LogP) is 3.54. The van der Waals surface area contributed by atoms with Crippen molar-refractivity contribution in [2.45, 2.75) is 38.0 Å². The average molecular weight is 404 g/mol. The zero-order valence-electron chi connectivity index (χ0n) is 14.4. The monoisotopic (exact) mass is 403 g/mol. The Bertz CT molecular complexity index is 1010. The Kier molecular flexibility index (Phi) is 5.13. The first kappa shape index (κ1) is 19.6. The van der Waals surface area contributed by atoms with Crippen LogP contribution in [0.3, 0.4) is 0 Å². The first-order valence-electron chi connectivity index (χ1n) is 7.26. The van der Waals surface area contributed by atoms with E-state index in [1.165, 1.54) is 17.4 Å². The molecule has 25 heavy (non-hydrogen) atoms. The molecule has 0 aliphatic heterocycles. The third-order valence-corrected chi connectivity index (χ3v) is 6.89. The molecule has 136 valence electrons. The van der Waals surface area contributed by atoms with Crippen molar-refractivity contribution in [2.75, 3.05) is 0 Å². The van der Waals surface area contributed by atoms with E-state index in [9.17, 15) is 18.5 Å². The van der Waals surface area contributed by atoms with E-state index < -0.39 is 25.5 Å². The molecular weight excluding hydrogens is 386 g/mol. The quantitative estimate of drug-likeness (QED) is 0.578. The number of sulfonamides is 1. The summed E-state index contributed by atoms with van der Waals surface area (Å²) in [5, 5.41) is 11.2. The van der Waals surface area contributed by atoms with Gasteiger partial charge in [0.25, 0.3) is 15.7 Å². The molecule has 1 aromatic carbocycles. The predicted molar refractivity (Wildman–Crippen MR) is 97.6 cm³/mol. The van der Waals surface area contributed by atoms with E-state index >= 15 is 0 Å². The van der Waals surface area contributed by atoms with Gasteiger partial charge in [-0.1, -0.05) is 32.4 Å². The van der Waals surface area contributed by atoms with Gasteiger partial charge in [-0.2, -0.15) is 8.42 Å². The molecule has 2 rings (SSSR count). The number of nitro groups is 1. The Labute approximate surface area is 154 Å². The Morgan fingerprint density at radius 2 is 1.92 bits per heavy atom. The minimum atomic E-state index is -4.29. The summed E-state index contributed by atoms with van der Waals surface area (Å²) in [5.41, 5.74) is 0.165. The van der Waals surface area contributed by atoms with Crippen LogP contribution in [0.5, 0.6) is 0 Å². The summed E-state index contributed by atoms with van der Waals surface area (Å²) in [6, 6.07) is 3.38. The lowest BCUT2D eigenvalue weighted by Crippen LogP contribution is -2.15. The molecule has 2 aromatic rings. The van der Waals surface area contributed by atoms with Gasteiger partial charge in [0.15, 0.2) is 4.90 Å². The van der Waals surface area contributed by atoms with Crippen molar-refractivity contribution >= 4 is 38.6 Å². The van der Waals surface area contributed by atoms with E-state index in [4.69, 9.17) is 11.6 Å². The van der Waals surface area contributed by atoms with Crippen molar-refractivity contribution < 1.29 is 13.3 Å². The Hall–Kier alpha value is -1.71. The normalized spacial score (nSPS) is 13.3. The van der Waals surface area contributed by atoms with Crippen molar-refractivity contribution in [1.29, 1.82) is 0 Å². The van der Waals surface area contributed by atoms with Gasteiger partial charge in [-0.15, -0.1) is 15.7 Å². The SMILES string of the molecule is Cc1c(C(C)(C)C)s/c(=N\S(=O)(=O)c2cc(Cl)ccc2[N+](=O)[O-])n1C. The molecule has 10 heteroatoms. The number of nitro benzene ring substituents is 1. The van der Waals surface area contributed by atoms with Crippen LogP contribution >= 0.6 is 22.9 Å².